The number of carboxylic acid groups (broad SMARTS) is 1. The molecular formula is C15H17N3O5. The summed E-state index contributed by atoms with van der Waals surface area (Å²) in [5, 5.41) is 20.3. The number of carboxylic acids is 1. The van der Waals surface area contributed by atoms with Gasteiger partial charge >= 0.3 is 5.97 Å². The molecule has 0 aromatic heterocycles. The summed E-state index contributed by atoms with van der Waals surface area (Å²) in [7, 11) is 0. The number of aliphatic carboxylic acids is 1. The van der Waals surface area contributed by atoms with E-state index in [1.807, 2.05) is 4.90 Å². The van der Waals surface area contributed by atoms with Gasteiger partial charge < -0.3 is 14.9 Å². The van der Waals surface area contributed by atoms with Crippen LogP contribution in [-0.2, 0) is 9.59 Å². The normalized spacial score (nSPS) is 19.3. The van der Waals surface area contributed by atoms with E-state index >= 15 is 0 Å². The largest absolute Gasteiger partial charge is 0.480 e. The van der Waals surface area contributed by atoms with Crippen molar-refractivity contribution < 1.29 is 19.6 Å². The molecule has 0 spiro atoms. The Kier molecular flexibility index (Phi) is 3.67. The molecule has 1 aliphatic carbocycles. The van der Waals surface area contributed by atoms with E-state index in [0.717, 1.165) is 0 Å². The maximum absolute atomic E-state index is 12.4. The molecule has 0 radical (unpaired) electrons. The second kappa shape index (κ2) is 5.53. The van der Waals surface area contributed by atoms with E-state index in [9.17, 15) is 24.8 Å². The number of hydrogen-bond acceptors (Lipinski definition) is 5. The molecular weight excluding hydrogens is 302 g/mol. The van der Waals surface area contributed by atoms with Crippen LogP contribution in [-0.4, -0.2) is 53.0 Å². The zero-order chi connectivity index (χ0) is 16.6. The molecule has 122 valence electrons. The van der Waals surface area contributed by atoms with Gasteiger partial charge in [0, 0.05) is 32.2 Å². The summed E-state index contributed by atoms with van der Waals surface area (Å²) < 4.78 is 0. The molecule has 1 aromatic rings. The summed E-state index contributed by atoms with van der Waals surface area (Å²) in [6.07, 6.45) is 0.789. The number of nitro benzene ring substituents is 1. The minimum atomic E-state index is -1.22. The van der Waals surface area contributed by atoms with Gasteiger partial charge in [-0.05, 0) is 18.9 Å². The maximum Gasteiger partial charge on any atom is 0.319 e. The van der Waals surface area contributed by atoms with Crippen molar-refractivity contribution in [2.45, 2.75) is 12.8 Å². The average molecular weight is 319 g/mol. The van der Waals surface area contributed by atoms with E-state index in [1.165, 1.54) is 6.07 Å². The first kappa shape index (κ1) is 15.3. The Morgan fingerprint density at radius 1 is 1.13 bits per heavy atom. The first-order valence-corrected chi connectivity index (χ1v) is 7.47. The fraction of sp³-hybridized carbons (Fsp3) is 0.467. The summed E-state index contributed by atoms with van der Waals surface area (Å²) in [5.74, 6) is -1.38. The standard InChI is InChI=1S/C15H17N3O5/c19-13(15(5-6-15)14(20)21)17-9-7-16(8-10-17)11-3-1-2-4-12(11)18(22)23/h1-4H,5-10H2,(H,20,21). The number of nitrogens with zero attached hydrogens (tertiary/aromatic N) is 3. The second-order valence-corrected chi connectivity index (χ2v) is 5.91. The van der Waals surface area contributed by atoms with Crippen LogP contribution in [0.15, 0.2) is 24.3 Å². The van der Waals surface area contributed by atoms with Gasteiger partial charge in [-0.15, -0.1) is 0 Å². The molecule has 1 aromatic carbocycles. The molecule has 8 nitrogen and oxygen atoms in total. The first-order chi connectivity index (χ1) is 11.0. The van der Waals surface area contributed by atoms with Gasteiger partial charge in [-0.1, -0.05) is 12.1 Å². The predicted molar refractivity (Wildman–Crippen MR) is 81.2 cm³/mol. The third kappa shape index (κ3) is 2.60. The third-order valence-corrected chi connectivity index (χ3v) is 4.55. The zero-order valence-corrected chi connectivity index (χ0v) is 12.5. The molecule has 2 aliphatic rings. The Morgan fingerprint density at radius 2 is 1.74 bits per heavy atom. The van der Waals surface area contributed by atoms with E-state index in [4.69, 9.17) is 0 Å². The highest BCUT2D eigenvalue weighted by Crippen LogP contribution is 2.47. The van der Waals surface area contributed by atoms with Crippen LogP contribution in [0.4, 0.5) is 11.4 Å². The topological polar surface area (TPSA) is 104 Å². The number of piperazine rings is 1. The lowest BCUT2D eigenvalue weighted by Gasteiger charge is -2.36. The van der Waals surface area contributed by atoms with E-state index < -0.39 is 16.3 Å². The monoisotopic (exact) mass is 319 g/mol. The van der Waals surface area contributed by atoms with E-state index in [0.29, 0.717) is 44.7 Å². The van der Waals surface area contributed by atoms with Gasteiger partial charge in [-0.25, -0.2) is 0 Å². The number of rotatable bonds is 4. The van der Waals surface area contributed by atoms with Crippen LogP contribution >= 0.6 is 0 Å². The fourth-order valence-electron chi connectivity index (χ4n) is 2.98. The molecule has 8 heteroatoms. The number of carbonyl (C=O) groups excluding carboxylic acids is 1. The molecule has 0 bridgehead atoms. The Bertz CT molecular complexity index is 663. The van der Waals surface area contributed by atoms with Crippen molar-refractivity contribution in [1.82, 2.24) is 4.90 Å². The first-order valence-electron chi connectivity index (χ1n) is 7.47. The average Bonchev–Trinajstić information content (AvgIpc) is 3.36. The van der Waals surface area contributed by atoms with Crippen molar-refractivity contribution in [3.05, 3.63) is 34.4 Å². The molecule has 2 fully saturated rings. The SMILES string of the molecule is O=C(O)C1(C(=O)N2CCN(c3ccccc3[N+](=O)[O-])CC2)CC1. The van der Waals surface area contributed by atoms with Crippen LogP contribution in [0.25, 0.3) is 0 Å². The van der Waals surface area contributed by atoms with Crippen molar-refractivity contribution in [2.75, 3.05) is 31.1 Å². The fourth-order valence-corrected chi connectivity index (χ4v) is 2.98. The molecule has 1 saturated heterocycles. The lowest BCUT2D eigenvalue weighted by molar-refractivity contribution is -0.384. The van der Waals surface area contributed by atoms with Gasteiger partial charge in [-0.2, -0.15) is 0 Å². The highest BCUT2D eigenvalue weighted by Gasteiger charge is 2.58. The summed E-state index contributed by atoms with van der Waals surface area (Å²) >= 11 is 0. The van der Waals surface area contributed by atoms with Crippen molar-refractivity contribution in [2.24, 2.45) is 5.41 Å². The Morgan fingerprint density at radius 3 is 2.26 bits per heavy atom. The number of para-hydroxylation sites is 2. The van der Waals surface area contributed by atoms with Gasteiger partial charge in [0.25, 0.3) is 5.69 Å². The van der Waals surface area contributed by atoms with E-state index in [2.05, 4.69) is 0 Å². The lowest BCUT2D eigenvalue weighted by Crippen LogP contribution is -2.52. The molecule has 0 atom stereocenters. The van der Waals surface area contributed by atoms with Crippen molar-refractivity contribution >= 4 is 23.3 Å². The summed E-state index contributed by atoms with van der Waals surface area (Å²) in [6, 6.07) is 6.50. The second-order valence-electron chi connectivity index (χ2n) is 5.91. The molecule has 1 amide bonds. The number of nitro groups is 1. The molecule has 1 heterocycles. The minimum Gasteiger partial charge on any atom is -0.480 e. The highest BCUT2D eigenvalue weighted by molar-refractivity contribution is 6.04. The Hall–Kier alpha value is -2.64. The predicted octanol–water partition coefficient (Wildman–Crippen LogP) is 1.11. The number of benzene rings is 1. The number of amides is 1. The number of anilines is 1. The van der Waals surface area contributed by atoms with E-state index in [-0.39, 0.29) is 11.6 Å². The molecule has 1 N–H and O–H groups in total. The third-order valence-electron chi connectivity index (χ3n) is 4.55. The zero-order valence-electron chi connectivity index (χ0n) is 12.5. The van der Waals surface area contributed by atoms with Crippen LogP contribution in [0.2, 0.25) is 0 Å². The van der Waals surface area contributed by atoms with Crippen LogP contribution in [0.3, 0.4) is 0 Å². The summed E-state index contributed by atoms with van der Waals surface area (Å²) in [5.41, 5.74) is -0.651. The molecule has 0 unspecified atom stereocenters. The van der Waals surface area contributed by atoms with Crippen molar-refractivity contribution in [3.8, 4) is 0 Å². The van der Waals surface area contributed by atoms with Gasteiger partial charge in [0.15, 0.2) is 0 Å². The van der Waals surface area contributed by atoms with Crippen LogP contribution in [0.5, 0.6) is 0 Å². The van der Waals surface area contributed by atoms with Gasteiger partial charge in [0.2, 0.25) is 5.91 Å². The highest BCUT2D eigenvalue weighted by atomic mass is 16.6. The summed E-state index contributed by atoms with van der Waals surface area (Å²) in [4.78, 5) is 37.7. The summed E-state index contributed by atoms with van der Waals surface area (Å²) in [6.45, 7) is 1.65. The molecule has 23 heavy (non-hydrogen) atoms. The van der Waals surface area contributed by atoms with Gasteiger partial charge in [0.05, 0.1) is 4.92 Å². The Labute approximate surface area is 132 Å². The number of hydrogen-bond donors (Lipinski definition) is 1. The molecule has 1 saturated carbocycles. The maximum atomic E-state index is 12.4. The molecule has 1 aliphatic heterocycles. The minimum absolute atomic E-state index is 0.0384. The van der Waals surface area contributed by atoms with Crippen LogP contribution < -0.4 is 4.90 Å². The van der Waals surface area contributed by atoms with Gasteiger partial charge in [0.1, 0.15) is 11.1 Å². The molecule has 3 rings (SSSR count). The number of carbonyl (C=O) groups is 2. The smallest absolute Gasteiger partial charge is 0.319 e. The quantitative estimate of drug-likeness (QED) is 0.506. The lowest BCUT2D eigenvalue weighted by atomic mass is 10.1. The van der Waals surface area contributed by atoms with Crippen molar-refractivity contribution in [1.29, 1.82) is 0 Å². The van der Waals surface area contributed by atoms with E-state index in [1.54, 1.807) is 23.1 Å². The van der Waals surface area contributed by atoms with Gasteiger partial charge in [-0.3, -0.25) is 19.7 Å². The Balaban J connectivity index is 1.69. The van der Waals surface area contributed by atoms with Crippen LogP contribution in [0.1, 0.15) is 12.8 Å². The van der Waals surface area contributed by atoms with Crippen molar-refractivity contribution in [3.63, 3.8) is 0 Å². The van der Waals surface area contributed by atoms with Crippen LogP contribution in [0, 0.1) is 15.5 Å².